The van der Waals surface area contributed by atoms with Gasteiger partial charge in [0, 0.05) is 42.5 Å². The third kappa shape index (κ3) is 3.81. The van der Waals surface area contributed by atoms with Crippen molar-refractivity contribution in [1.29, 1.82) is 0 Å². The molecule has 0 spiro atoms. The first-order valence-electron chi connectivity index (χ1n) is 9.81. The van der Waals surface area contributed by atoms with Crippen molar-refractivity contribution in [2.24, 2.45) is 7.05 Å². The van der Waals surface area contributed by atoms with E-state index in [1.807, 2.05) is 48.3 Å². The molecule has 1 saturated heterocycles. The largest absolute Gasteiger partial charge is 0.378 e. The molecule has 152 valence electrons. The number of nitrogens with zero attached hydrogens (tertiary/aromatic N) is 5. The van der Waals surface area contributed by atoms with E-state index in [4.69, 9.17) is 26.3 Å². The van der Waals surface area contributed by atoms with Gasteiger partial charge in [-0.25, -0.2) is 9.97 Å². The van der Waals surface area contributed by atoms with Crippen LogP contribution in [-0.2, 0) is 11.8 Å². The normalized spacial score (nSPS) is 14.3. The van der Waals surface area contributed by atoms with E-state index in [0.717, 1.165) is 46.9 Å². The lowest BCUT2D eigenvalue weighted by molar-refractivity contribution is 0.122. The summed E-state index contributed by atoms with van der Waals surface area (Å²) in [6.07, 6.45) is 1.82. The minimum Gasteiger partial charge on any atom is -0.378 e. The van der Waals surface area contributed by atoms with Crippen LogP contribution < -0.4 is 10.2 Å². The standard InChI is InChI=1S/C22H21ClN6O/c1-28-14-24-19-12-15(2-7-20(19)28)18-13-21(25-17-5-3-16(23)4-6-17)27-22(26-18)29-8-10-30-11-9-29/h2-7,12-14H,8-11H2,1H3,(H,25,26,27). The molecule has 0 bridgehead atoms. The second-order valence-electron chi connectivity index (χ2n) is 7.23. The highest BCUT2D eigenvalue weighted by molar-refractivity contribution is 6.30. The molecule has 7 nitrogen and oxygen atoms in total. The van der Waals surface area contributed by atoms with Crippen LogP contribution >= 0.6 is 11.6 Å². The second-order valence-corrected chi connectivity index (χ2v) is 7.67. The van der Waals surface area contributed by atoms with Gasteiger partial charge in [0.25, 0.3) is 0 Å². The lowest BCUT2D eigenvalue weighted by Crippen LogP contribution is -2.37. The molecular weight excluding hydrogens is 400 g/mol. The van der Waals surface area contributed by atoms with Crippen LogP contribution in [0.5, 0.6) is 0 Å². The number of aryl methyl sites for hydroxylation is 1. The Morgan fingerprint density at radius 1 is 1.00 bits per heavy atom. The van der Waals surface area contributed by atoms with E-state index in [-0.39, 0.29) is 0 Å². The van der Waals surface area contributed by atoms with Gasteiger partial charge >= 0.3 is 0 Å². The van der Waals surface area contributed by atoms with Crippen LogP contribution in [0.4, 0.5) is 17.5 Å². The van der Waals surface area contributed by atoms with Gasteiger partial charge in [-0.05, 0) is 36.4 Å². The Morgan fingerprint density at radius 2 is 1.80 bits per heavy atom. The first-order chi connectivity index (χ1) is 14.7. The minimum atomic E-state index is 0.674. The van der Waals surface area contributed by atoms with E-state index >= 15 is 0 Å². The zero-order chi connectivity index (χ0) is 20.5. The van der Waals surface area contributed by atoms with Gasteiger partial charge in [0.2, 0.25) is 5.95 Å². The zero-order valence-electron chi connectivity index (χ0n) is 16.5. The van der Waals surface area contributed by atoms with Crippen molar-refractivity contribution in [2.45, 2.75) is 0 Å². The fraction of sp³-hybridized carbons (Fsp3) is 0.227. The number of rotatable bonds is 4. The van der Waals surface area contributed by atoms with Crippen molar-refractivity contribution in [1.82, 2.24) is 19.5 Å². The Bertz CT molecular complexity index is 1180. The number of hydrogen-bond donors (Lipinski definition) is 1. The highest BCUT2D eigenvalue weighted by Gasteiger charge is 2.17. The second kappa shape index (κ2) is 7.93. The topological polar surface area (TPSA) is 68.1 Å². The van der Waals surface area contributed by atoms with Crippen molar-refractivity contribution in [3.63, 3.8) is 0 Å². The predicted octanol–water partition coefficient (Wildman–Crippen LogP) is 4.26. The lowest BCUT2D eigenvalue weighted by atomic mass is 10.1. The Morgan fingerprint density at radius 3 is 2.60 bits per heavy atom. The maximum absolute atomic E-state index is 6.02. The van der Waals surface area contributed by atoms with Crippen LogP contribution in [0.25, 0.3) is 22.3 Å². The zero-order valence-corrected chi connectivity index (χ0v) is 17.3. The predicted molar refractivity (Wildman–Crippen MR) is 120 cm³/mol. The maximum Gasteiger partial charge on any atom is 0.228 e. The minimum absolute atomic E-state index is 0.674. The lowest BCUT2D eigenvalue weighted by Gasteiger charge is -2.27. The van der Waals surface area contributed by atoms with Crippen LogP contribution in [0.1, 0.15) is 0 Å². The van der Waals surface area contributed by atoms with E-state index in [1.54, 1.807) is 0 Å². The molecule has 4 aromatic rings. The van der Waals surface area contributed by atoms with Gasteiger partial charge < -0.3 is 19.5 Å². The molecule has 3 heterocycles. The van der Waals surface area contributed by atoms with Crippen molar-refractivity contribution in [3.8, 4) is 11.3 Å². The number of aromatic nitrogens is 4. The molecule has 1 aliphatic rings. The van der Waals surface area contributed by atoms with Gasteiger partial charge in [-0.3, -0.25) is 0 Å². The summed E-state index contributed by atoms with van der Waals surface area (Å²) in [6, 6.07) is 15.7. The summed E-state index contributed by atoms with van der Waals surface area (Å²) in [5, 5.41) is 4.07. The van der Waals surface area contributed by atoms with E-state index in [9.17, 15) is 0 Å². The van der Waals surface area contributed by atoms with Crippen molar-refractivity contribution >= 4 is 40.1 Å². The van der Waals surface area contributed by atoms with Crippen LogP contribution in [0.2, 0.25) is 5.02 Å². The van der Waals surface area contributed by atoms with E-state index < -0.39 is 0 Å². The highest BCUT2D eigenvalue weighted by atomic mass is 35.5. The molecule has 2 aromatic heterocycles. The number of nitrogens with one attached hydrogen (secondary N) is 1. The summed E-state index contributed by atoms with van der Waals surface area (Å²) in [7, 11) is 1.99. The number of ether oxygens (including phenoxy) is 1. The maximum atomic E-state index is 6.02. The molecular formula is C22H21ClN6O. The SMILES string of the molecule is Cn1cnc2cc(-c3cc(Nc4ccc(Cl)cc4)nc(N4CCOCC4)n3)ccc21. The molecule has 0 saturated carbocycles. The number of benzene rings is 2. The molecule has 0 unspecified atom stereocenters. The number of halogens is 1. The van der Waals surface area contributed by atoms with E-state index in [1.165, 1.54) is 0 Å². The average molecular weight is 421 g/mol. The molecule has 1 aliphatic heterocycles. The van der Waals surface area contributed by atoms with Gasteiger partial charge in [0.15, 0.2) is 0 Å². The Kier molecular flexibility index (Phi) is 4.98. The molecule has 0 amide bonds. The summed E-state index contributed by atoms with van der Waals surface area (Å²) in [5.74, 6) is 1.42. The molecule has 5 rings (SSSR count). The van der Waals surface area contributed by atoms with Gasteiger partial charge in [-0.1, -0.05) is 17.7 Å². The van der Waals surface area contributed by atoms with Crippen molar-refractivity contribution < 1.29 is 4.74 Å². The van der Waals surface area contributed by atoms with Gasteiger partial charge in [-0.15, -0.1) is 0 Å². The third-order valence-corrected chi connectivity index (χ3v) is 5.40. The highest BCUT2D eigenvalue weighted by Crippen LogP contribution is 2.28. The first-order valence-corrected chi connectivity index (χ1v) is 10.2. The monoisotopic (exact) mass is 420 g/mol. The van der Waals surface area contributed by atoms with Crippen LogP contribution in [0, 0.1) is 0 Å². The molecule has 2 aromatic carbocycles. The van der Waals surface area contributed by atoms with Crippen LogP contribution in [0.3, 0.4) is 0 Å². The van der Waals surface area contributed by atoms with Crippen molar-refractivity contribution in [3.05, 3.63) is 59.9 Å². The summed E-state index contributed by atoms with van der Waals surface area (Å²) >= 11 is 6.02. The summed E-state index contributed by atoms with van der Waals surface area (Å²) in [5.41, 5.74) is 4.78. The molecule has 0 radical (unpaired) electrons. The molecule has 1 fully saturated rings. The summed E-state index contributed by atoms with van der Waals surface area (Å²) in [4.78, 5) is 16.3. The fourth-order valence-electron chi connectivity index (χ4n) is 3.53. The number of fused-ring (bicyclic) bond motifs is 1. The van der Waals surface area contributed by atoms with Gasteiger partial charge in [0.05, 0.1) is 36.3 Å². The van der Waals surface area contributed by atoms with Crippen LogP contribution in [-0.4, -0.2) is 45.8 Å². The molecule has 8 heteroatoms. The van der Waals surface area contributed by atoms with E-state index in [0.29, 0.717) is 24.2 Å². The third-order valence-electron chi connectivity index (χ3n) is 5.15. The number of hydrogen-bond acceptors (Lipinski definition) is 6. The van der Waals surface area contributed by atoms with Gasteiger partial charge in [-0.2, -0.15) is 4.98 Å². The Balaban J connectivity index is 1.56. The number of imidazole rings is 1. The van der Waals surface area contributed by atoms with Crippen molar-refractivity contribution in [2.75, 3.05) is 36.5 Å². The number of morpholine rings is 1. The Hall–Kier alpha value is -3.16. The first kappa shape index (κ1) is 18.8. The average Bonchev–Trinajstić information content (AvgIpc) is 3.16. The summed E-state index contributed by atoms with van der Waals surface area (Å²) < 4.78 is 7.49. The smallest absolute Gasteiger partial charge is 0.228 e. The molecule has 1 N–H and O–H groups in total. The fourth-order valence-corrected chi connectivity index (χ4v) is 3.65. The summed E-state index contributed by atoms with van der Waals surface area (Å²) in [6.45, 7) is 2.88. The quantitative estimate of drug-likeness (QED) is 0.532. The van der Waals surface area contributed by atoms with Crippen LogP contribution in [0.15, 0.2) is 54.9 Å². The molecule has 30 heavy (non-hydrogen) atoms. The number of anilines is 3. The Labute approximate surface area is 179 Å². The van der Waals surface area contributed by atoms with Gasteiger partial charge in [0.1, 0.15) is 5.82 Å². The molecule has 0 aliphatic carbocycles. The van der Waals surface area contributed by atoms with E-state index in [2.05, 4.69) is 33.4 Å². The molecule has 0 atom stereocenters.